The molecule has 0 aliphatic carbocycles. The molecule has 5 nitrogen and oxygen atoms in total. The van der Waals surface area contributed by atoms with E-state index in [0.29, 0.717) is 23.0 Å². The lowest BCUT2D eigenvalue weighted by atomic mass is 10.2. The molecule has 0 saturated heterocycles. The predicted molar refractivity (Wildman–Crippen MR) is 143 cm³/mol. The molecule has 2 aromatic heterocycles. The quantitative estimate of drug-likeness (QED) is 0.199. The SMILES string of the molecule is FC(F)(F)Oc1cccc(CSc2nnc(Cn3c4ccccc4c4ccccc43)n2-c2ccccc2)c1. The van der Waals surface area contributed by atoms with Gasteiger partial charge in [0, 0.05) is 33.2 Å². The number of aromatic nitrogens is 4. The molecule has 6 aromatic rings. The summed E-state index contributed by atoms with van der Waals surface area (Å²) in [6, 6.07) is 32.4. The molecule has 0 atom stereocenters. The van der Waals surface area contributed by atoms with Crippen LogP contribution in [-0.4, -0.2) is 25.7 Å². The van der Waals surface area contributed by atoms with E-state index in [1.54, 1.807) is 12.1 Å². The van der Waals surface area contributed by atoms with Crippen LogP contribution in [0.5, 0.6) is 5.75 Å². The van der Waals surface area contributed by atoms with Crippen molar-refractivity contribution in [2.45, 2.75) is 23.8 Å². The smallest absolute Gasteiger partial charge is 0.406 e. The predicted octanol–water partition coefficient (Wildman–Crippen LogP) is 7.61. The first kappa shape index (κ1) is 24.1. The highest BCUT2D eigenvalue weighted by atomic mass is 32.2. The first-order chi connectivity index (χ1) is 18.5. The molecule has 0 N–H and O–H groups in total. The van der Waals surface area contributed by atoms with Gasteiger partial charge in [0.25, 0.3) is 0 Å². The minimum Gasteiger partial charge on any atom is -0.406 e. The number of ether oxygens (including phenoxy) is 1. The summed E-state index contributed by atoms with van der Waals surface area (Å²) >= 11 is 1.41. The highest BCUT2D eigenvalue weighted by Crippen LogP contribution is 2.32. The summed E-state index contributed by atoms with van der Waals surface area (Å²) in [5.74, 6) is 0.904. The summed E-state index contributed by atoms with van der Waals surface area (Å²) in [5.41, 5.74) is 3.80. The fraction of sp³-hybridized carbons (Fsp3) is 0.103. The number of rotatable bonds is 7. The molecule has 0 amide bonds. The van der Waals surface area contributed by atoms with Crippen LogP contribution in [0, 0.1) is 0 Å². The number of nitrogens with zero attached hydrogens (tertiary/aromatic N) is 4. The van der Waals surface area contributed by atoms with E-state index in [-0.39, 0.29) is 5.75 Å². The summed E-state index contributed by atoms with van der Waals surface area (Å²) in [6.07, 6.45) is -4.74. The molecule has 0 bridgehead atoms. The van der Waals surface area contributed by atoms with E-state index in [0.717, 1.165) is 22.5 Å². The zero-order chi connectivity index (χ0) is 26.1. The Hall–Kier alpha value is -4.24. The molecular formula is C29H21F3N4OS. The summed E-state index contributed by atoms with van der Waals surface area (Å²) in [6.45, 7) is 0.491. The number of hydrogen-bond acceptors (Lipinski definition) is 4. The van der Waals surface area contributed by atoms with Crippen LogP contribution in [0.3, 0.4) is 0 Å². The van der Waals surface area contributed by atoms with Crippen LogP contribution < -0.4 is 4.74 Å². The van der Waals surface area contributed by atoms with Crippen molar-refractivity contribution in [3.05, 3.63) is 115 Å². The van der Waals surface area contributed by atoms with E-state index in [4.69, 9.17) is 0 Å². The second-order valence-electron chi connectivity index (χ2n) is 8.67. The monoisotopic (exact) mass is 530 g/mol. The second-order valence-corrected chi connectivity index (χ2v) is 9.62. The third-order valence-corrected chi connectivity index (χ3v) is 7.19. The normalized spacial score (nSPS) is 11.9. The Labute approximate surface area is 220 Å². The van der Waals surface area contributed by atoms with Gasteiger partial charge in [-0.2, -0.15) is 0 Å². The molecule has 0 saturated carbocycles. The minimum absolute atomic E-state index is 0.243. The van der Waals surface area contributed by atoms with Gasteiger partial charge in [0.1, 0.15) is 5.75 Å². The van der Waals surface area contributed by atoms with E-state index >= 15 is 0 Å². The molecule has 190 valence electrons. The second kappa shape index (κ2) is 9.90. The number of alkyl halides is 3. The number of fused-ring (bicyclic) bond motifs is 3. The fourth-order valence-electron chi connectivity index (χ4n) is 4.63. The van der Waals surface area contributed by atoms with Crippen molar-refractivity contribution in [1.82, 2.24) is 19.3 Å². The van der Waals surface area contributed by atoms with Gasteiger partial charge in [-0.05, 0) is 42.0 Å². The molecule has 0 spiro atoms. The Morgan fingerprint density at radius 3 is 2.08 bits per heavy atom. The molecule has 6 rings (SSSR count). The molecular weight excluding hydrogens is 509 g/mol. The number of hydrogen-bond donors (Lipinski definition) is 0. The third kappa shape index (κ3) is 4.84. The van der Waals surface area contributed by atoms with E-state index in [9.17, 15) is 13.2 Å². The summed E-state index contributed by atoms with van der Waals surface area (Å²) in [7, 11) is 0. The van der Waals surface area contributed by atoms with E-state index < -0.39 is 6.36 Å². The van der Waals surface area contributed by atoms with Crippen LogP contribution in [0.2, 0.25) is 0 Å². The van der Waals surface area contributed by atoms with Gasteiger partial charge in [0.05, 0.1) is 6.54 Å². The van der Waals surface area contributed by atoms with Crippen LogP contribution in [0.25, 0.3) is 27.5 Å². The zero-order valence-electron chi connectivity index (χ0n) is 20.0. The summed E-state index contributed by atoms with van der Waals surface area (Å²) in [4.78, 5) is 0. The lowest BCUT2D eigenvalue weighted by Crippen LogP contribution is -2.17. The molecule has 0 unspecified atom stereocenters. The molecule has 38 heavy (non-hydrogen) atoms. The topological polar surface area (TPSA) is 44.9 Å². The van der Waals surface area contributed by atoms with E-state index in [1.807, 2.05) is 59.2 Å². The largest absolute Gasteiger partial charge is 0.573 e. The Morgan fingerprint density at radius 1 is 0.737 bits per heavy atom. The average Bonchev–Trinajstić information content (AvgIpc) is 3.47. The van der Waals surface area contributed by atoms with Crippen LogP contribution in [-0.2, 0) is 12.3 Å². The maximum atomic E-state index is 12.7. The van der Waals surface area contributed by atoms with Crippen molar-refractivity contribution >= 4 is 33.6 Å². The number of para-hydroxylation sites is 3. The fourth-order valence-corrected chi connectivity index (χ4v) is 5.54. The van der Waals surface area contributed by atoms with Crippen LogP contribution >= 0.6 is 11.8 Å². The Bertz CT molecular complexity index is 1670. The standard InChI is InChI=1S/C29H21F3N4OS/c30-29(31,32)37-22-12-8-9-20(17-22)19-38-28-34-33-27(36(28)21-10-2-1-3-11-21)18-35-25-15-6-4-13-23(25)24-14-5-7-16-26(24)35/h1-17H,18-19H2. The number of halogens is 3. The Morgan fingerprint density at radius 2 is 1.39 bits per heavy atom. The first-order valence-electron chi connectivity index (χ1n) is 11.9. The van der Waals surface area contributed by atoms with Crippen molar-refractivity contribution in [2.75, 3.05) is 0 Å². The van der Waals surface area contributed by atoms with E-state index in [1.165, 1.54) is 34.7 Å². The van der Waals surface area contributed by atoms with Gasteiger partial charge < -0.3 is 9.30 Å². The van der Waals surface area contributed by atoms with Gasteiger partial charge in [-0.25, -0.2) is 0 Å². The summed E-state index contributed by atoms with van der Waals surface area (Å²) in [5, 5.41) is 12.0. The van der Waals surface area contributed by atoms with E-state index in [2.05, 4.69) is 43.8 Å². The van der Waals surface area contributed by atoms with Gasteiger partial charge in [-0.15, -0.1) is 23.4 Å². The molecule has 2 heterocycles. The molecule has 9 heteroatoms. The maximum Gasteiger partial charge on any atom is 0.573 e. The highest BCUT2D eigenvalue weighted by molar-refractivity contribution is 7.98. The van der Waals surface area contributed by atoms with Crippen molar-refractivity contribution < 1.29 is 17.9 Å². The molecule has 0 fully saturated rings. The first-order valence-corrected chi connectivity index (χ1v) is 12.9. The molecule has 0 aliphatic heterocycles. The van der Waals surface area contributed by atoms with Crippen molar-refractivity contribution in [3.63, 3.8) is 0 Å². The molecule has 0 radical (unpaired) electrons. The Kier molecular flexibility index (Phi) is 6.29. The lowest BCUT2D eigenvalue weighted by Gasteiger charge is -2.13. The molecule has 4 aromatic carbocycles. The van der Waals surface area contributed by atoms with Gasteiger partial charge in [0.15, 0.2) is 11.0 Å². The summed E-state index contributed by atoms with van der Waals surface area (Å²) < 4.78 is 46.3. The zero-order valence-corrected chi connectivity index (χ0v) is 20.8. The number of thioether (sulfide) groups is 1. The number of benzene rings is 4. The highest BCUT2D eigenvalue weighted by Gasteiger charge is 2.31. The van der Waals surface area contributed by atoms with Crippen molar-refractivity contribution in [3.8, 4) is 11.4 Å². The van der Waals surface area contributed by atoms with Crippen LogP contribution in [0.1, 0.15) is 11.4 Å². The van der Waals surface area contributed by atoms with Crippen molar-refractivity contribution in [2.24, 2.45) is 0 Å². The van der Waals surface area contributed by atoms with Crippen molar-refractivity contribution in [1.29, 1.82) is 0 Å². The van der Waals surface area contributed by atoms with Gasteiger partial charge in [-0.1, -0.05) is 78.5 Å². The molecule has 0 aliphatic rings. The third-order valence-electron chi connectivity index (χ3n) is 6.19. The van der Waals surface area contributed by atoms with Gasteiger partial charge >= 0.3 is 6.36 Å². The Balaban J connectivity index is 1.36. The van der Waals surface area contributed by atoms with Gasteiger partial charge in [-0.3, -0.25) is 4.57 Å². The average molecular weight is 531 g/mol. The lowest BCUT2D eigenvalue weighted by molar-refractivity contribution is -0.274. The minimum atomic E-state index is -4.74. The maximum absolute atomic E-state index is 12.7. The van der Waals surface area contributed by atoms with Crippen LogP contribution in [0.15, 0.2) is 108 Å². The van der Waals surface area contributed by atoms with Gasteiger partial charge in [0.2, 0.25) is 0 Å². The van der Waals surface area contributed by atoms with Crippen LogP contribution in [0.4, 0.5) is 13.2 Å².